The van der Waals surface area contributed by atoms with Crippen molar-refractivity contribution in [1.82, 2.24) is 15.2 Å². The van der Waals surface area contributed by atoms with Gasteiger partial charge < -0.3 is 0 Å². The minimum absolute atomic E-state index is 0.000474. The SMILES string of the molecule is Cc1cccc(CCC(NN)c2c(Cl)cnn2C)c1. The topological polar surface area (TPSA) is 55.9 Å². The lowest BCUT2D eigenvalue weighted by Crippen LogP contribution is -2.30. The fourth-order valence-electron chi connectivity index (χ4n) is 2.29. The Morgan fingerprint density at radius 3 is 2.84 bits per heavy atom. The van der Waals surface area contributed by atoms with Crippen LogP contribution in [0.2, 0.25) is 5.02 Å². The molecule has 1 aromatic carbocycles. The van der Waals surface area contributed by atoms with E-state index in [-0.39, 0.29) is 6.04 Å². The van der Waals surface area contributed by atoms with Crippen molar-refractivity contribution in [2.75, 3.05) is 0 Å². The van der Waals surface area contributed by atoms with Crippen LogP contribution in [0.25, 0.3) is 0 Å². The third-order valence-corrected chi connectivity index (χ3v) is 3.56. The molecule has 5 heteroatoms. The molecule has 0 saturated heterocycles. The van der Waals surface area contributed by atoms with E-state index in [1.54, 1.807) is 10.9 Å². The molecule has 2 rings (SSSR count). The van der Waals surface area contributed by atoms with E-state index in [4.69, 9.17) is 17.4 Å². The lowest BCUT2D eigenvalue weighted by molar-refractivity contribution is 0.480. The van der Waals surface area contributed by atoms with Crippen molar-refractivity contribution in [2.24, 2.45) is 12.9 Å². The first-order valence-corrected chi connectivity index (χ1v) is 6.68. The van der Waals surface area contributed by atoms with Gasteiger partial charge in [0.15, 0.2) is 0 Å². The second-order valence-corrected chi connectivity index (χ2v) is 5.16. The van der Waals surface area contributed by atoms with Crippen LogP contribution in [0.1, 0.15) is 29.3 Å². The van der Waals surface area contributed by atoms with Crippen molar-refractivity contribution in [3.8, 4) is 0 Å². The molecule has 0 aliphatic carbocycles. The zero-order valence-electron chi connectivity index (χ0n) is 11.2. The molecule has 19 heavy (non-hydrogen) atoms. The van der Waals surface area contributed by atoms with Crippen molar-refractivity contribution in [1.29, 1.82) is 0 Å². The third-order valence-electron chi connectivity index (χ3n) is 3.27. The van der Waals surface area contributed by atoms with Crippen LogP contribution in [-0.4, -0.2) is 9.78 Å². The van der Waals surface area contributed by atoms with Gasteiger partial charge in [-0.25, -0.2) is 0 Å². The average molecular weight is 279 g/mol. The molecule has 1 heterocycles. The number of rotatable bonds is 5. The van der Waals surface area contributed by atoms with Crippen LogP contribution in [-0.2, 0) is 13.5 Å². The highest BCUT2D eigenvalue weighted by molar-refractivity contribution is 6.31. The molecule has 1 unspecified atom stereocenters. The normalized spacial score (nSPS) is 12.6. The van der Waals surface area contributed by atoms with E-state index in [1.165, 1.54) is 11.1 Å². The Hall–Kier alpha value is -1.36. The highest BCUT2D eigenvalue weighted by Crippen LogP contribution is 2.25. The highest BCUT2D eigenvalue weighted by atomic mass is 35.5. The van der Waals surface area contributed by atoms with Gasteiger partial charge in [-0.2, -0.15) is 5.10 Å². The molecule has 0 aliphatic rings. The van der Waals surface area contributed by atoms with Crippen molar-refractivity contribution >= 4 is 11.6 Å². The van der Waals surface area contributed by atoms with E-state index in [1.807, 2.05) is 7.05 Å². The van der Waals surface area contributed by atoms with Crippen LogP contribution in [0.4, 0.5) is 0 Å². The molecule has 0 spiro atoms. The van der Waals surface area contributed by atoms with Gasteiger partial charge in [0.05, 0.1) is 23.0 Å². The van der Waals surface area contributed by atoms with Crippen LogP contribution in [0.3, 0.4) is 0 Å². The highest BCUT2D eigenvalue weighted by Gasteiger charge is 2.17. The maximum Gasteiger partial charge on any atom is 0.0834 e. The summed E-state index contributed by atoms with van der Waals surface area (Å²) < 4.78 is 1.77. The number of hydrogen-bond acceptors (Lipinski definition) is 3. The predicted octanol–water partition coefficient (Wildman–Crippen LogP) is 2.52. The molecule has 102 valence electrons. The molecule has 0 saturated carbocycles. The fourth-order valence-corrected chi connectivity index (χ4v) is 2.59. The second kappa shape index (κ2) is 6.19. The number of aromatic nitrogens is 2. The van der Waals surface area contributed by atoms with Gasteiger partial charge in [0, 0.05) is 7.05 Å². The Balaban J connectivity index is 2.08. The molecular weight excluding hydrogens is 260 g/mol. The fraction of sp³-hybridized carbons (Fsp3) is 0.357. The van der Waals surface area contributed by atoms with Gasteiger partial charge in [0.25, 0.3) is 0 Å². The summed E-state index contributed by atoms with van der Waals surface area (Å²) in [6.45, 7) is 2.10. The number of hydrazine groups is 1. The van der Waals surface area contributed by atoms with E-state index in [2.05, 4.69) is 41.7 Å². The van der Waals surface area contributed by atoms with Crippen molar-refractivity contribution in [3.05, 3.63) is 52.3 Å². The molecule has 1 aromatic heterocycles. The maximum absolute atomic E-state index is 6.15. The largest absolute Gasteiger partial charge is 0.271 e. The van der Waals surface area contributed by atoms with Crippen LogP contribution in [0, 0.1) is 6.92 Å². The summed E-state index contributed by atoms with van der Waals surface area (Å²) in [6, 6.07) is 8.50. The Morgan fingerprint density at radius 2 is 2.26 bits per heavy atom. The van der Waals surface area contributed by atoms with Gasteiger partial charge in [0.1, 0.15) is 0 Å². The Labute approximate surface area is 118 Å². The number of benzene rings is 1. The standard InChI is InChI=1S/C14H19ClN4/c1-10-4-3-5-11(8-10)6-7-13(18-16)14-12(15)9-17-19(14)2/h3-5,8-9,13,18H,6-7,16H2,1-2H3. The first-order chi connectivity index (χ1) is 9.11. The van der Waals surface area contributed by atoms with Crippen LogP contribution < -0.4 is 11.3 Å². The molecule has 3 N–H and O–H groups in total. The molecule has 4 nitrogen and oxygen atoms in total. The van der Waals surface area contributed by atoms with E-state index >= 15 is 0 Å². The number of nitrogens with zero attached hydrogens (tertiary/aromatic N) is 2. The first-order valence-electron chi connectivity index (χ1n) is 6.31. The molecule has 2 aromatic rings. The van der Waals surface area contributed by atoms with Gasteiger partial charge >= 0.3 is 0 Å². The summed E-state index contributed by atoms with van der Waals surface area (Å²) in [5.41, 5.74) is 6.33. The molecule has 0 bridgehead atoms. The van der Waals surface area contributed by atoms with Gasteiger partial charge in [-0.3, -0.25) is 16.0 Å². The Morgan fingerprint density at radius 1 is 1.47 bits per heavy atom. The zero-order chi connectivity index (χ0) is 13.8. The minimum Gasteiger partial charge on any atom is -0.271 e. The van der Waals surface area contributed by atoms with E-state index < -0.39 is 0 Å². The Bertz CT molecular complexity index is 531. The summed E-state index contributed by atoms with van der Waals surface area (Å²) in [7, 11) is 1.87. The van der Waals surface area contributed by atoms with Crippen molar-refractivity contribution in [2.45, 2.75) is 25.8 Å². The molecule has 0 amide bonds. The van der Waals surface area contributed by atoms with Gasteiger partial charge in [0.2, 0.25) is 0 Å². The average Bonchev–Trinajstić information content (AvgIpc) is 2.71. The first kappa shape index (κ1) is 14.1. The number of nitrogens with one attached hydrogen (secondary N) is 1. The molecular formula is C14H19ClN4. The van der Waals surface area contributed by atoms with E-state index in [0.717, 1.165) is 18.5 Å². The summed E-state index contributed by atoms with van der Waals surface area (Å²) in [5, 5.41) is 4.79. The monoisotopic (exact) mass is 278 g/mol. The summed E-state index contributed by atoms with van der Waals surface area (Å²) in [6.07, 6.45) is 3.46. The number of aryl methyl sites for hydroxylation is 3. The molecule has 1 atom stereocenters. The lowest BCUT2D eigenvalue weighted by Gasteiger charge is -2.17. The van der Waals surface area contributed by atoms with Crippen LogP contribution in [0.15, 0.2) is 30.5 Å². The zero-order valence-corrected chi connectivity index (χ0v) is 12.0. The summed E-state index contributed by atoms with van der Waals surface area (Å²) in [5.74, 6) is 5.65. The maximum atomic E-state index is 6.15. The van der Waals surface area contributed by atoms with Gasteiger partial charge in [-0.05, 0) is 25.3 Å². The Kier molecular flexibility index (Phi) is 4.58. The van der Waals surface area contributed by atoms with E-state index in [9.17, 15) is 0 Å². The summed E-state index contributed by atoms with van der Waals surface area (Å²) in [4.78, 5) is 0. The smallest absolute Gasteiger partial charge is 0.0834 e. The lowest BCUT2D eigenvalue weighted by atomic mass is 10.0. The molecule has 0 aliphatic heterocycles. The van der Waals surface area contributed by atoms with Gasteiger partial charge in [-0.1, -0.05) is 41.4 Å². The second-order valence-electron chi connectivity index (χ2n) is 4.75. The number of hydrogen-bond donors (Lipinski definition) is 2. The third kappa shape index (κ3) is 3.35. The molecule has 0 radical (unpaired) electrons. The van der Waals surface area contributed by atoms with Crippen LogP contribution in [0.5, 0.6) is 0 Å². The quantitative estimate of drug-likeness (QED) is 0.653. The summed E-state index contributed by atoms with van der Waals surface area (Å²) >= 11 is 6.15. The number of nitrogens with two attached hydrogens (primary N) is 1. The van der Waals surface area contributed by atoms with Crippen LogP contribution >= 0.6 is 11.6 Å². The predicted molar refractivity (Wildman–Crippen MR) is 77.8 cm³/mol. The van der Waals surface area contributed by atoms with E-state index in [0.29, 0.717) is 5.02 Å². The van der Waals surface area contributed by atoms with Crippen molar-refractivity contribution < 1.29 is 0 Å². The molecule has 0 fully saturated rings. The van der Waals surface area contributed by atoms with Gasteiger partial charge in [-0.15, -0.1) is 0 Å². The minimum atomic E-state index is 0.000474. The van der Waals surface area contributed by atoms with Crippen molar-refractivity contribution in [3.63, 3.8) is 0 Å². The number of halogens is 1.